The number of rotatable bonds is 4. The van der Waals surface area contributed by atoms with Crippen molar-refractivity contribution in [3.8, 4) is 5.75 Å². The molecule has 3 aliphatic rings. The molecule has 4 heteroatoms. The summed E-state index contributed by atoms with van der Waals surface area (Å²) in [5.74, 6) is 2.03. The zero-order valence-corrected chi connectivity index (χ0v) is 15.1. The lowest BCUT2D eigenvalue weighted by atomic mass is 9.72. The quantitative estimate of drug-likeness (QED) is 0.686. The van der Waals surface area contributed by atoms with Crippen LogP contribution in [0.3, 0.4) is 0 Å². The minimum absolute atomic E-state index is 0.228. The van der Waals surface area contributed by atoms with Crippen molar-refractivity contribution in [3.63, 3.8) is 0 Å². The summed E-state index contributed by atoms with van der Waals surface area (Å²) >= 11 is 0. The number of aliphatic hydroxyl groups is 1. The summed E-state index contributed by atoms with van der Waals surface area (Å²) < 4.78 is 6.31. The van der Waals surface area contributed by atoms with E-state index in [0.717, 1.165) is 46.2 Å². The van der Waals surface area contributed by atoms with Gasteiger partial charge in [0.25, 0.3) is 0 Å². The fourth-order valence-electron chi connectivity index (χ4n) is 5.03. The summed E-state index contributed by atoms with van der Waals surface area (Å²) in [6, 6.07) is 8.06. The Hall–Kier alpha value is -1.91. The van der Waals surface area contributed by atoms with Crippen molar-refractivity contribution in [3.05, 3.63) is 48.7 Å². The Labute approximate surface area is 149 Å². The van der Waals surface area contributed by atoms with E-state index >= 15 is 0 Å². The summed E-state index contributed by atoms with van der Waals surface area (Å²) in [6.45, 7) is 6.26. The number of aliphatic hydroxyl groups excluding tert-OH is 1. The lowest BCUT2D eigenvalue weighted by molar-refractivity contribution is -0.956. The number of likely N-dealkylation sites (N-methyl/N-ethyl adjacent to an activating group) is 1. The molecule has 5 atom stereocenters. The van der Waals surface area contributed by atoms with Crippen molar-refractivity contribution >= 4 is 10.9 Å². The van der Waals surface area contributed by atoms with Gasteiger partial charge in [-0.2, -0.15) is 0 Å². The van der Waals surface area contributed by atoms with E-state index in [0.29, 0.717) is 11.8 Å². The van der Waals surface area contributed by atoms with Gasteiger partial charge in [0.2, 0.25) is 0 Å². The van der Waals surface area contributed by atoms with Crippen molar-refractivity contribution in [1.29, 1.82) is 0 Å². The second-order valence-corrected chi connectivity index (χ2v) is 7.87. The molecule has 3 fully saturated rings. The van der Waals surface area contributed by atoms with E-state index in [9.17, 15) is 5.11 Å². The minimum atomic E-state index is -0.490. The molecule has 0 amide bonds. The highest BCUT2D eigenvalue weighted by molar-refractivity contribution is 5.83. The molecule has 25 heavy (non-hydrogen) atoms. The smallest absolute Gasteiger partial charge is 0.131 e. The number of methoxy groups -OCH3 is 1. The van der Waals surface area contributed by atoms with Crippen LogP contribution in [0.4, 0.5) is 0 Å². The third-order valence-electron chi connectivity index (χ3n) is 6.56. The van der Waals surface area contributed by atoms with Gasteiger partial charge in [-0.1, -0.05) is 6.08 Å². The minimum Gasteiger partial charge on any atom is -0.497 e. The van der Waals surface area contributed by atoms with Crippen LogP contribution in [0, 0.1) is 11.8 Å². The van der Waals surface area contributed by atoms with E-state index in [1.807, 2.05) is 24.3 Å². The van der Waals surface area contributed by atoms with E-state index in [1.165, 1.54) is 6.42 Å². The number of nitrogens with zero attached hydrogens (tertiary/aromatic N) is 2. The largest absolute Gasteiger partial charge is 0.497 e. The number of quaternary nitrogens is 1. The first kappa shape index (κ1) is 16.6. The second-order valence-electron chi connectivity index (χ2n) is 7.87. The Morgan fingerprint density at radius 1 is 1.40 bits per heavy atom. The van der Waals surface area contributed by atoms with Crippen molar-refractivity contribution in [2.75, 3.05) is 27.2 Å². The summed E-state index contributed by atoms with van der Waals surface area (Å²) in [5, 5.41) is 12.3. The summed E-state index contributed by atoms with van der Waals surface area (Å²) in [6.07, 6.45) is 5.73. The van der Waals surface area contributed by atoms with Gasteiger partial charge >= 0.3 is 0 Å². The van der Waals surface area contributed by atoms with Gasteiger partial charge in [0.15, 0.2) is 0 Å². The van der Waals surface area contributed by atoms with Gasteiger partial charge in [0.05, 0.1) is 32.8 Å². The number of hydrogen-bond acceptors (Lipinski definition) is 3. The monoisotopic (exact) mass is 339 g/mol. The fraction of sp³-hybridized carbons (Fsp3) is 0.476. The normalized spacial score (nSPS) is 32.5. The predicted octanol–water partition coefficient (Wildman–Crippen LogP) is 3.32. The number of benzene rings is 1. The molecule has 5 rings (SSSR count). The molecule has 4 nitrogen and oxygen atoms in total. The summed E-state index contributed by atoms with van der Waals surface area (Å²) in [7, 11) is 3.96. The van der Waals surface area contributed by atoms with E-state index in [2.05, 4.69) is 24.7 Å². The third-order valence-corrected chi connectivity index (χ3v) is 6.56. The van der Waals surface area contributed by atoms with Crippen LogP contribution >= 0.6 is 0 Å². The highest BCUT2D eigenvalue weighted by Crippen LogP contribution is 2.45. The maximum atomic E-state index is 11.3. The summed E-state index contributed by atoms with van der Waals surface area (Å²) in [5.41, 5.74) is 1.87. The first-order valence-corrected chi connectivity index (χ1v) is 9.13. The molecular formula is C21H27N2O2+. The maximum Gasteiger partial charge on any atom is 0.131 e. The average molecular weight is 339 g/mol. The Morgan fingerprint density at radius 2 is 2.24 bits per heavy atom. The number of hydrogen-bond donors (Lipinski definition) is 1. The summed E-state index contributed by atoms with van der Waals surface area (Å²) in [4.78, 5) is 4.45. The molecule has 4 heterocycles. The van der Waals surface area contributed by atoms with E-state index in [4.69, 9.17) is 4.74 Å². The molecular weight excluding hydrogens is 312 g/mol. The molecule has 2 aromatic rings. The highest BCUT2D eigenvalue weighted by Gasteiger charge is 2.51. The number of aromatic nitrogens is 1. The molecule has 0 saturated carbocycles. The molecule has 3 aliphatic heterocycles. The fourth-order valence-corrected chi connectivity index (χ4v) is 5.03. The van der Waals surface area contributed by atoms with Crippen LogP contribution in [0.2, 0.25) is 0 Å². The molecule has 2 bridgehead atoms. The van der Waals surface area contributed by atoms with E-state index < -0.39 is 6.10 Å². The van der Waals surface area contributed by atoms with Crippen molar-refractivity contribution in [2.24, 2.45) is 11.8 Å². The number of piperidine rings is 3. The molecule has 0 radical (unpaired) electrons. The zero-order chi connectivity index (χ0) is 17.6. The van der Waals surface area contributed by atoms with Crippen LogP contribution in [-0.4, -0.2) is 47.9 Å². The zero-order valence-electron chi connectivity index (χ0n) is 15.1. The molecule has 1 aromatic carbocycles. The highest BCUT2D eigenvalue weighted by atomic mass is 16.5. The third kappa shape index (κ3) is 2.64. The SMILES string of the molecule is C=C[C@H]1C[N@@+]2(C)CC[C@H]1C[C@@H]2[C@@H](O)c1ccnc2ccc(OC)cc12. The van der Waals surface area contributed by atoms with Crippen molar-refractivity contribution in [2.45, 2.75) is 25.0 Å². The molecule has 1 N–H and O–H groups in total. The van der Waals surface area contributed by atoms with Crippen molar-refractivity contribution < 1.29 is 14.3 Å². The van der Waals surface area contributed by atoms with Crippen LogP contribution in [0.25, 0.3) is 10.9 Å². The molecule has 3 saturated heterocycles. The lowest BCUT2D eigenvalue weighted by Crippen LogP contribution is -2.66. The Kier molecular flexibility index (Phi) is 4.05. The molecule has 0 aliphatic carbocycles. The Balaban J connectivity index is 1.73. The Morgan fingerprint density at radius 3 is 2.96 bits per heavy atom. The lowest BCUT2D eigenvalue weighted by Gasteiger charge is -2.56. The van der Waals surface area contributed by atoms with Gasteiger partial charge in [-0.25, -0.2) is 0 Å². The van der Waals surface area contributed by atoms with Crippen LogP contribution in [-0.2, 0) is 0 Å². The standard InChI is InChI=1S/C21H27N2O2/c1-4-14-13-23(2)10-8-15(14)11-20(23)21(24)17-7-9-22-19-6-5-16(25-3)12-18(17)19/h4-7,9,12,14-15,20-21,24H,1,8,10-11,13H2,2-3H3/q+1/t14-,15-,20+,21-,23+/m0/s1. The topological polar surface area (TPSA) is 42.4 Å². The van der Waals surface area contributed by atoms with Crippen LogP contribution < -0.4 is 4.74 Å². The van der Waals surface area contributed by atoms with Gasteiger partial charge < -0.3 is 14.3 Å². The Bertz CT molecular complexity index is 806. The first-order chi connectivity index (χ1) is 12.1. The van der Waals surface area contributed by atoms with Crippen LogP contribution in [0.5, 0.6) is 5.75 Å². The predicted molar refractivity (Wildman–Crippen MR) is 99.4 cm³/mol. The average Bonchev–Trinajstić information content (AvgIpc) is 2.66. The van der Waals surface area contributed by atoms with Gasteiger partial charge in [0, 0.05) is 30.3 Å². The van der Waals surface area contributed by atoms with Crippen molar-refractivity contribution in [1.82, 2.24) is 4.98 Å². The molecule has 1 aromatic heterocycles. The van der Waals surface area contributed by atoms with Gasteiger partial charge in [-0.15, -0.1) is 6.58 Å². The van der Waals surface area contributed by atoms with Gasteiger partial charge in [0.1, 0.15) is 17.9 Å². The number of fused-ring (bicyclic) bond motifs is 4. The molecule has 132 valence electrons. The number of ether oxygens (including phenoxy) is 1. The van der Waals surface area contributed by atoms with Crippen LogP contribution in [0.1, 0.15) is 24.5 Å². The van der Waals surface area contributed by atoms with E-state index in [1.54, 1.807) is 13.3 Å². The molecule has 0 unspecified atom stereocenters. The van der Waals surface area contributed by atoms with Crippen LogP contribution in [0.15, 0.2) is 43.1 Å². The molecule has 0 spiro atoms. The van der Waals surface area contributed by atoms with Gasteiger partial charge in [-0.3, -0.25) is 4.98 Å². The van der Waals surface area contributed by atoms with E-state index in [-0.39, 0.29) is 6.04 Å². The maximum absolute atomic E-state index is 11.3. The number of pyridine rings is 1. The second kappa shape index (κ2) is 6.11. The first-order valence-electron chi connectivity index (χ1n) is 9.13. The van der Waals surface area contributed by atoms with Gasteiger partial charge in [-0.05, 0) is 35.7 Å².